The van der Waals surface area contributed by atoms with E-state index < -0.39 is 6.89 Å². The molecule has 0 unspecified atom stereocenters. The molecule has 3 aromatic rings. The molecule has 1 nitrogen and oxygen atoms in total. The van der Waals surface area contributed by atoms with Crippen molar-refractivity contribution in [3.05, 3.63) is 91.0 Å². The minimum absolute atomic E-state index is 0.232. The zero-order valence-electron chi connectivity index (χ0n) is 16.1. The number of rotatable bonds is 5. The molecular weight excluding hydrogens is 347 g/mol. The fourth-order valence-corrected chi connectivity index (χ4v) is 7.19. The maximum Gasteiger partial charge on any atom is 0.159 e. The standard InChI is InChI=1S/C23H21OP.C2H6/c24-23(19-16-17-19)18-25(20-10-4-1-5-11-20,21-12-6-2-7-13-21)22-14-8-3-9-15-22;1-2/h1-15,18-19H,16-17H2;1-2H3. The first-order valence-electron chi connectivity index (χ1n) is 9.76. The summed E-state index contributed by atoms with van der Waals surface area (Å²) in [6, 6.07) is 31.6. The van der Waals surface area contributed by atoms with E-state index in [0.717, 1.165) is 12.8 Å². The topological polar surface area (TPSA) is 17.1 Å². The van der Waals surface area contributed by atoms with Gasteiger partial charge in [-0.25, -0.2) is 0 Å². The Morgan fingerprint density at radius 3 is 1.33 bits per heavy atom. The summed E-state index contributed by atoms with van der Waals surface area (Å²) in [6.07, 6.45) is 2.07. The highest BCUT2D eigenvalue weighted by Gasteiger charge is 2.32. The molecule has 0 amide bonds. The van der Waals surface area contributed by atoms with Crippen molar-refractivity contribution in [2.24, 2.45) is 5.92 Å². The molecule has 1 aliphatic rings. The molecule has 0 heterocycles. The first-order chi connectivity index (χ1) is 13.3. The molecule has 27 heavy (non-hydrogen) atoms. The Kier molecular flexibility index (Phi) is 6.48. The van der Waals surface area contributed by atoms with E-state index in [2.05, 4.69) is 78.6 Å². The highest BCUT2D eigenvalue weighted by atomic mass is 31.2. The number of carbonyl (C=O) groups excluding carboxylic acids is 1. The molecule has 0 spiro atoms. The van der Waals surface area contributed by atoms with Crippen LogP contribution in [-0.4, -0.2) is 11.6 Å². The van der Waals surface area contributed by atoms with Gasteiger partial charge in [0, 0.05) is 5.92 Å². The van der Waals surface area contributed by atoms with E-state index in [-0.39, 0.29) is 5.92 Å². The number of hydrogen-bond donors (Lipinski definition) is 0. The minimum atomic E-state index is -2.10. The largest absolute Gasteiger partial charge is 0.294 e. The van der Waals surface area contributed by atoms with Gasteiger partial charge in [-0.2, -0.15) is 0 Å². The maximum atomic E-state index is 12.9. The lowest BCUT2D eigenvalue weighted by Crippen LogP contribution is -2.28. The van der Waals surface area contributed by atoms with Gasteiger partial charge >= 0.3 is 0 Å². The lowest BCUT2D eigenvalue weighted by molar-refractivity contribution is -0.113. The van der Waals surface area contributed by atoms with E-state index in [1.54, 1.807) is 0 Å². The average Bonchev–Trinajstić information content (AvgIpc) is 3.61. The van der Waals surface area contributed by atoms with Gasteiger partial charge in [0.05, 0.1) is 0 Å². The van der Waals surface area contributed by atoms with Crippen LogP contribution in [0, 0.1) is 5.92 Å². The van der Waals surface area contributed by atoms with E-state index >= 15 is 0 Å². The Hall–Kier alpha value is -2.37. The van der Waals surface area contributed by atoms with Crippen LogP contribution in [0.25, 0.3) is 0 Å². The van der Waals surface area contributed by atoms with Crippen LogP contribution in [0.15, 0.2) is 91.0 Å². The van der Waals surface area contributed by atoms with Crippen molar-refractivity contribution in [3.8, 4) is 0 Å². The van der Waals surface area contributed by atoms with E-state index in [0.29, 0.717) is 5.78 Å². The summed E-state index contributed by atoms with van der Waals surface area (Å²) in [5.74, 6) is 2.62. The van der Waals surface area contributed by atoms with Crippen LogP contribution in [0.1, 0.15) is 26.7 Å². The fourth-order valence-electron chi connectivity index (χ4n) is 3.32. The quantitative estimate of drug-likeness (QED) is 0.587. The van der Waals surface area contributed by atoms with Crippen LogP contribution in [0.2, 0.25) is 0 Å². The summed E-state index contributed by atoms with van der Waals surface area (Å²) in [5.41, 5.74) is 0. The van der Waals surface area contributed by atoms with E-state index in [4.69, 9.17) is 0 Å². The van der Waals surface area contributed by atoms with E-state index in [9.17, 15) is 4.79 Å². The summed E-state index contributed by atoms with van der Waals surface area (Å²) in [7, 11) is 0. The Balaban J connectivity index is 0.00000102. The van der Waals surface area contributed by atoms with Crippen LogP contribution in [0.3, 0.4) is 0 Å². The lowest BCUT2D eigenvalue weighted by Gasteiger charge is -2.28. The Morgan fingerprint density at radius 1 is 0.704 bits per heavy atom. The Morgan fingerprint density at radius 2 is 1.04 bits per heavy atom. The minimum Gasteiger partial charge on any atom is -0.294 e. The van der Waals surface area contributed by atoms with Gasteiger partial charge in [-0.05, 0) is 41.4 Å². The number of ketones is 1. The SMILES string of the molecule is CC.O=C(C=P(c1ccccc1)(c1ccccc1)c1ccccc1)C1CC1. The van der Waals surface area contributed by atoms with Gasteiger partial charge in [0.15, 0.2) is 5.78 Å². The van der Waals surface area contributed by atoms with Crippen molar-refractivity contribution in [3.63, 3.8) is 0 Å². The molecule has 0 N–H and O–H groups in total. The highest BCUT2D eigenvalue weighted by molar-refractivity contribution is 7.95. The predicted octanol–water partition coefficient (Wildman–Crippen LogP) is 4.79. The van der Waals surface area contributed by atoms with Crippen LogP contribution in [-0.2, 0) is 4.79 Å². The summed E-state index contributed by atoms with van der Waals surface area (Å²) in [5, 5.41) is 3.71. The third-order valence-corrected chi connectivity index (χ3v) is 8.77. The summed E-state index contributed by atoms with van der Waals surface area (Å²) < 4.78 is 0. The van der Waals surface area contributed by atoms with E-state index in [1.807, 2.05) is 32.0 Å². The molecule has 0 atom stereocenters. The average molecular weight is 374 g/mol. The van der Waals surface area contributed by atoms with Crippen molar-refractivity contribution in [2.75, 3.05) is 0 Å². The lowest BCUT2D eigenvalue weighted by atomic mass is 10.3. The molecule has 1 saturated carbocycles. The van der Waals surface area contributed by atoms with Gasteiger partial charge in [0.2, 0.25) is 0 Å². The molecular formula is C25H27OP. The Bertz CT molecular complexity index is 807. The second kappa shape index (κ2) is 9.02. The number of Topliss-reactive ketones (excluding diaryl/α,β-unsaturated/α-hetero) is 1. The van der Waals surface area contributed by atoms with Gasteiger partial charge in [0.25, 0.3) is 0 Å². The van der Waals surface area contributed by atoms with Crippen molar-refractivity contribution in [1.29, 1.82) is 0 Å². The van der Waals surface area contributed by atoms with Crippen LogP contribution in [0.4, 0.5) is 0 Å². The molecule has 0 aromatic heterocycles. The molecule has 0 radical (unpaired) electrons. The summed E-state index contributed by atoms with van der Waals surface area (Å²) >= 11 is 0. The van der Waals surface area contributed by atoms with Crippen LogP contribution >= 0.6 is 6.89 Å². The van der Waals surface area contributed by atoms with Gasteiger partial charge < -0.3 is 0 Å². The third-order valence-electron chi connectivity index (χ3n) is 4.79. The van der Waals surface area contributed by atoms with E-state index in [1.165, 1.54) is 15.9 Å². The maximum absolute atomic E-state index is 12.9. The van der Waals surface area contributed by atoms with Crippen molar-refractivity contribution in [1.82, 2.24) is 0 Å². The van der Waals surface area contributed by atoms with Gasteiger partial charge in [-0.15, -0.1) is 0 Å². The first-order valence-corrected chi connectivity index (χ1v) is 11.6. The summed E-state index contributed by atoms with van der Waals surface area (Å²) in [4.78, 5) is 12.9. The van der Waals surface area contributed by atoms with Gasteiger partial charge in [0.1, 0.15) is 0 Å². The summed E-state index contributed by atoms with van der Waals surface area (Å²) in [6.45, 7) is 1.90. The molecule has 138 valence electrons. The number of benzene rings is 3. The van der Waals surface area contributed by atoms with Crippen molar-refractivity contribution in [2.45, 2.75) is 26.7 Å². The number of carbonyl (C=O) groups is 1. The van der Waals surface area contributed by atoms with Gasteiger partial charge in [-0.3, -0.25) is 4.79 Å². The Labute approximate surface area is 163 Å². The zero-order chi connectivity index (χ0) is 19.1. The molecule has 3 aromatic carbocycles. The second-order valence-corrected chi connectivity index (χ2v) is 9.79. The third kappa shape index (κ3) is 4.15. The predicted molar refractivity (Wildman–Crippen MR) is 120 cm³/mol. The number of hydrogen-bond acceptors (Lipinski definition) is 1. The monoisotopic (exact) mass is 374 g/mol. The molecule has 2 heteroatoms. The molecule has 4 rings (SSSR count). The molecule has 1 aliphatic carbocycles. The molecule has 0 saturated heterocycles. The van der Waals surface area contributed by atoms with Gasteiger partial charge in [-0.1, -0.05) is 105 Å². The first kappa shape index (κ1) is 19.4. The second-order valence-electron chi connectivity index (χ2n) is 6.54. The van der Waals surface area contributed by atoms with Crippen molar-refractivity contribution < 1.29 is 4.79 Å². The molecule has 1 fully saturated rings. The highest BCUT2D eigenvalue weighted by Crippen LogP contribution is 2.45. The fraction of sp³-hybridized carbons (Fsp3) is 0.200. The zero-order valence-corrected chi connectivity index (χ0v) is 17.0. The normalized spacial score (nSPS) is 13.3. The van der Waals surface area contributed by atoms with Crippen molar-refractivity contribution >= 4 is 34.4 Å². The molecule has 0 bridgehead atoms. The van der Waals surface area contributed by atoms with Crippen LogP contribution < -0.4 is 15.9 Å². The van der Waals surface area contributed by atoms with Crippen LogP contribution in [0.5, 0.6) is 0 Å². The molecule has 0 aliphatic heterocycles. The smallest absolute Gasteiger partial charge is 0.159 e.